The summed E-state index contributed by atoms with van der Waals surface area (Å²) in [7, 11) is 1.79. The molecule has 7 nitrogen and oxygen atoms in total. The lowest BCUT2D eigenvalue weighted by atomic mass is 9.96. The molecule has 2 aromatic heterocycles. The Balaban J connectivity index is 1.38. The molecule has 1 unspecified atom stereocenters. The molecule has 2 aliphatic carbocycles. The summed E-state index contributed by atoms with van der Waals surface area (Å²) in [6.07, 6.45) is 8.67. The zero-order valence-electron chi connectivity index (χ0n) is 17.9. The fourth-order valence-electron chi connectivity index (χ4n) is 4.32. The molecule has 31 heavy (non-hydrogen) atoms. The fraction of sp³-hybridized carbons (Fsp3) is 0.375. The van der Waals surface area contributed by atoms with E-state index in [0.717, 1.165) is 36.4 Å². The van der Waals surface area contributed by atoms with E-state index < -0.39 is 0 Å². The number of fused-ring (bicyclic) bond motifs is 1. The number of allylic oxidation sites excluding steroid dienone is 4. The second-order valence-electron chi connectivity index (χ2n) is 8.93. The van der Waals surface area contributed by atoms with Crippen molar-refractivity contribution in [2.75, 3.05) is 25.0 Å². The van der Waals surface area contributed by atoms with Crippen molar-refractivity contribution in [3.05, 3.63) is 59.6 Å². The molecule has 4 N–H and O–H groups in total. The monoisotopic (exact) mass is 416 g/mol. The summed E-state index contributed by atoms with van der Waals surface area (Å²) in [5, 5.41) is 25.1. The molecule has 7 heteroatoms. The molecule has 0 bridgehead atoms. The Morgan fingerprint density at radius 1 is 1.16 bits per heavy atom. The van der Waals surface area contributed by atoms with Gasteiger partial charge in [0.1, 0.15) is 11.6 Å². The van der Waals surface area contributed by atoms with Crippen LogP contribution in [0.1, 0.15) is 31.9 Å². The minimum Gasteiger partial charge on any atom is -0.507 e. The van der Waals surface area contributed by atoms with Crippen LogP contribution < -0.4 is 15.5 Å². The van der Waals surface area contributed by atoms with Crippen molar-refractivity contribution in [3.8, 4) is 0 Å². The lowest BCUT2D eigenvalue weighted by Gasteiger charge is -2.21. The summed E-state index contributed by atoms with van der Waals surface area (Å²) in [4.78, 5) is 11.9. The van der Waals surface area contributed by atoms with Gasteiger partial charge in [-0.05, 0) is 56.5 Å². The number of aliphatic hydroxyl groups excluding tert-OH is 1. The molecule has 2 fully saturated rings. The zero-order valence-corrected chi connectivity index (χ0v) is 17.9. The second-order valence-corrected chi connectivity index (χ2v) is 8.93. The number of rotatable bonds is 5. The second kappa shape index (κ2) is 7.50. The summed E-state index contributed by atoms with van der Waals surface area (Å²) in [5.41, 5.74) is 4.20. The molecule has 5 rings (SSSR count). The number of anilines is 1. The van der Waals surface area contributed by atoms with Gasteiger partial charge in [0.15, 0.2) is 0 Å². The van der Waals surface area contributed by atoms with Crippen LogP contribution in [0.3, 0.4) is 0 Å². The number of aromatic nitrogens is 2. The third-order valence-electron chi connectivity index (χ3n) is 6.34. The lowest BCUT2D eigenvalue weighted by molar-refractivity contribution is 0.438. The van der Waals surface area contributed by atoms with Crippen LogP contribution in [-0.2, 0) is 0 Å². The topological polar surface area (TPSA) is 97.2 Å². The molecule has 3 aliphatic rings. The number of nitrogens with zero attached hydrogens (tertiary/aromatic N) is 3. The molecule has 1 aliphatic heterocycles. The van der Waals surface area contributed by atoms with E-state index in [-0.39, 0.29) is 11.5 Å². The predicted molar refractivity (Wildman–Crippen MR) is 124 cm³/mol. The number of hydrogen-bond acceptors (Lipinski definition) is 7. The molecule has 0 spiro atoms. The van der Waals surface area contributed by atoms with Gasteiger partial charge in [0.25, 0.3) is 0 Å². The molecule has 0 aromatic carbocycles. The zero-order chi connectivity index (χ0) is 21.6. The Morgan fingerprint density at radius 2 is 1.94 bits per heavy atom. The highest BCUT2D eigenvalue weighted by molar-refractivity contribution is 6.13. The Kier molecular flexibility index (Phi) is 4.78. The molecule has 1 saturated heterocycles. The smallest absolute Gasteiger partial charge is 0.129 e. The van der Waals surface area contributed by atoms with Gasteiger partial charge in [0.2, 0.25) is 0 Å². The van der Waals surface area contributed by atoms with Gasteiger partial charge in [-0.2, -0.15) is 0 Å². The molecule has 160 valence electrons. The van der Waals surface area contributed by atoms with Gasteiger partial charge in [-0.15, -0.1) is 0 Å². The Morgan fingerprint density at radius 3 is 2.71 bits per heavy atom. The van der Waals surface area contributed by atoms with Crippen molar-refractivity contribution < 1.29 is 5.11 Å². The summed E-state index contributed by atoms with van der Waals surface area (Å²) in [6, 6.07) is 8.39. The van der Waals surface area contributed by atoms with E-state index in [0.29, 0.717) is 28.4 Å². The molecule has 3 heterocycles. The van der Waals surface area contributed by atoms with Crippen LogP contribution in [0.15, 0.2) is 53.9 Å². The van der Waals surface area contributed by atoms with Crippen molar-refractivity contribution in [1.82, 2.24) is 20.6 Å². The van der Waals surface area contributed by atoms with E-state index in [1.165, 1.54) is 18.9 Å². The molecule has 2 aromatic rings. The van der Waals surface area contributed by atoms with Crippen LogP contribution in [0.5, 0.6) is 0 Å². The largest absolute Gasteiger partial charge is 0.507 e. The minimum atomic E-state index is 0.0506. The van der Waals surface area contributed by atoms with Crippen LogP contribution in [0.2, 0.25) is 0 Å². The number of hydrogen-bond donors (Lipinski definition) is 4. The van der Waals surface area contributed by atoms with Crippen molar-refractivity contribution in [1.29, 1.82) is 5.41 Å². The molecule has 1 saturated carbocycles. The van der Waals surface area contributed by atoms with Crippen LogP contribution in [0.25, 0.3) is 16.6 Å². The minimum absolute atomic E-state index is 0.0506. The van der Waals surface area contributed by atoms with Crippen LogP contribution in [-0.4, -0.2) is 52.5 Å². The average Bonchev–Trinajstić information content (AvgIpc) is 3.29. The van der Waals surface area contributed by atoms with Gasteiger partial charge in [-0.25, -0.2) is 9.97 Å². The highest BCUT2D eigenvalue weighted by atomic mass is 16.3. The predicted octanol–water partition coefficient (Wildman–Crippen LogP) is 3.31. The lowest BCUT2D eigenvalue weighted by Crippen LogP contribution is -2.40. The van der Waals surface area contributed by atoms with Gasteiger partial charge in [0.05, 0.1) is 22.4 Å². The van der Waals surface area contributed by atoms with E-state index in [1.807, 2.05) is 24.3 Å². The first-order valence-corrected chi connectivity index (χ1v) is 10.8. The first-order valence-electron chi connectivity index (χ1n) is 10.8. The van der Waals surface area contributed by atoms with Gasteiger partial charge in [-0.1, -0.05) is 0 Å². The van der Waals surface area contributed by atoms with Crippen molar-refractivity contribution in [2.45, 2.75) is 37.8 Å². The molecule has 0 amide bonds. The van der Waals surface area contributed by atoms with E-state index in [4.69, 9.17) is 15.4 Å². The maximum Gasteiger partial charge on any atom is 0.129 e. The SMILES string of the molecule is CN/C=C1/C=C(c2ccc3nc(N4CCC(NC5(C)CC5)C4)ccc3n2)C(O)=CC1=N. The fourth-order valence-corrected chi connectivity index (χ4v) is 4.32. The third kappa shape index (κ3) is 3.93. The first kappa shape index (κ1) is 19.8. The Bertz CT molecular complexity index is 1140. The third-order valence-corrected chi connectivity index (χ3v) is 6.34. The molecular formula is C24H28N6O. The van der Waals surface area contributed by atoms with Crippen molar-refractivity contribution in [3.63, 3.8) is 0 Å². The van der Waals surface area contributed by atoms with Gasteiger partial charge >= 0.3 is 0 Å². The van der Waals surface area contributed by atoms with E-state index in [2.05, 4.69) is 22.5 Å². The quantitative estimate of drug-likeness (QED) is 0.597. The summed E-state index contributed by atoms with van der Waals surface area (Å²) in [5.74, 6) is 1.04. The van der Waals surface area contributed by atoms with Crippen molar-refractivity contribution >= 4 is 28.1 Å². The van der Waals surface area contributed by atoms with Gasteiger partial charge in [-0.3, -0.25) is 0 Å². The standard InChI is InChI=1S/C24H28N6O/c1-24(8-9-24)29-16-7-10-30(14-16)23-6-5-20-21(28-23)4-3-19(27-20)17-11-15(13-26-2)18(25)12-22(17)31/h3-6,11-13,16,25-26,29,31H,7-10,14H2,1-2H3/b15-13-,25-18?. The summed E-state index contributed by atoms with van der Waals surface area (Å²) < 4.78 is 0. The highest BCUT2D eigenvalue weighted by Crippen LogP contribution is 2.36. The maximum absolute atomic E-state index is 10.4. The van der Waals surface area contributed by atoms with E-state index in [1.54, 1.807) is 19.3 Å². The summed E-state index contributed by atoms with van der Waals surface area (Å²) in [6.45, 7) is 4.30. The maximum atomic E-state index is 10.4. The molecule has 0 radical (unpaired) electrons. The van der Waals surface area contributed by atoms with E-state index >= 15 is 0 Å². The Labute approximate surface area is 182 Å². The van der Waals surface area contributed by atoms with Crippen LogP contribution >= 0.6 is 0 Å². The Hall–Kier alpha value is -3.19. The first-order chi connectivity index (χ1) is 14.9. The molecule has 1 atom stereocenters. The van der Waals surface area contributed by atoms with Crippen LogP contribution in [0, 0.1) is 5.41 Å². The number of aliphatic hydroxyl groups is 1. The van der Waals surface area contributed by atoms with Gasteiger partial charge in [0, 0.05) is 55.1 Å². The van der Waals surface area contributed by atoms with Crippen LogP contribution in [0.4, 0.5) is 5.82 Å². The molecular weight excluding hydrogens is 388 g/mol. The van der Waals surface area contributed by atoms with E-state index in [9.17, 15) is 5.11 Å². The average molecular weight is 417 g/mol. The summed E-state index contributed by atoms with van der Waals surface area (Å²) >= 11 is 0. The van der Waals surface area contributed by atoms with Crippen molar-refractivity contribution in [2.24, 2.45) is 0 Å². The highest BCUT2D eigenvalue weighted by Gasteiger charge is 2.40. The normalized spacial score (nSPS) is 23.8. The number of nitrogens with one attached hydrogen (secondary N) is 3. The van der Waals surface area contributed by atoms with Gasteiger partial charge < -0.3 is 26.0 Å². The number of pyridine rings is 2.